The number of carboxylic acids is 1. The largest absolute Gasteiger partial charge is 0.481 e. The van der Waals surface area contributed by atoms with Crippen molar-refractivity contribution in [1.29, 1.82) is 0 Å². The molecule has 5 aliphatic carbocycles. The minimum Gasteiger partial charge on any atom is -0.481 e. The fourth-order valence-electron chi connectivity index (χ4n) is 12.0. The minimum absolute atomic E-state index is 0.0166. The lowest BCUT2D eigenvalue weighted by Crippen LogP contribution is -2.68. The molecule has 0 aromatic rings. The quantitative estimate of drug-likeness (QED) is 0.267. The standard InChI is InChI=1S/C35H57NO4/c1-21(2)22-12-17-35(36)19-18-33(8)23(28(22)35)10-11-25-32(7)15-14-26(40-27(37)20-30(3,4)29(38)39)31(5,6)24(32)13-16-34(25,33)9/h22-26,28H,1,10-20,36H2,2-9H3,(H,38,39)/t22-,23+,24-,25+,26-,28+,32-,33+,34+,35-/m0/s1. The highest BCUT2D eigenvalue weighted by molar-refractivity contribution is 5.81. The number of nitrogens with two attached hydrogens (primary N) is 1. The van der Waals surface area contributed by atoms with E-state index in [0.717, 1.165) is 32.1 Å². The van der Waals surface area contributed by atoms with Crippen LogP contribution in [0.1, 0.15) is 126 Å². The van der Waals surface area contributed by atoms with Gasteiger partial charge in [-0.15, -0.1) is 0 Å². The molecule has 0 radical (unpaired) electrons. The van der Waals surface area contributed by atoms with Gasteiger partial charge in [-0.3, -0.25) is 9.59 Å². The van der Waals surface area contributed by atoms with Gasteiger partial charge < -0.3 is 15.6 Å². The molecule has 5 nitrogen and oxygen atoms in total. The highest BCUT2D eigenvalue weighted by Gasteiger charge is 2.70. The van der Waals surface area contributed by atoms with E-state index in [4.69, 9.17) is 10.5 Å². The molecule has 0 spiro atoms. The van der Waals surface area contributed by atoms with E-state index in [-0.39, 0.29) is 45.7 Å². The fraction of sp³-hybridized carbons (Fsp3) is 0.886. The molecule has 0 bridgehead atoms. The zero-order valence-electron chi connectivity index (χ0n) is 26.7. The molecular weight excluding hydrogens is 498 g/mol. The summed E-state index contributed by atoms with van der Waals surface area (Å²) in [6.07, 6.45) is 11.4. The molecule has 0 unspecified atom stereocenters. The smallest absolute Gasteiger partial charge is 0.309 e. The highest BCUT2D eigenvalue weighted by atomic mass is 16.5. The summed E-state index contributed by atoms with van der Waals surface area (Å²) in [5, 5.41) is 9.51. The topological polar surface area (TPSA) is 89.6 Å². The number of rotatable bonds is 5. The van der Waals surface area contributed by atoms with Crippen molar-refractivity contribution in [2.45, 2.75) is 138 Å². The third kappa shape index (κ3) is 4.09. The average molecular weight is 556 g/mol. The van der Waals surface area contributed by atoms with Crippen molar-refractivity contribution in [2.24, 2.45) is 62.4 Å². The summed E-state index contributed by atoms with van der Waals surface area (Å²) in [6.45, 7) is 22.3. The van der Waals surface area contributed by atoms with Gasteiger partial charge in [-0.25, -0.2) is 0 Å². The number of carbonyl (C=O) groups is 2. The molecule has 0 aromatic heterocycles. The number of fused-ring (bicyclic) bond motifs is 7. The van der Waals surface area contributed by atoms with Crippen LogP contribution in [0.4, 0.5) is 0 Å². The maximum atomic E-state index is 12.9. The lowest BCUT2D eigenvalue weighted by Gasteiger charge is -2.72. The zero-order valence-corrected chi connectivity index (χ0v) is 26.7. The summed E-state index contributed by atoms with van der Waals surface area (Å²) < 4.78 is 6.12. The van der Waals surface area contributed by atoms with Gasteiger partial charge in [0.1, 0.15) is 6.10 Å². The van der Waals surface area contributed by atoms with Crippen LogP contribution in [-0.4, -0.2) is 28.7 Å². The Balaban J connectivity index is 1.40. The second kappa shape index (κ2) is 9.32. The maximum absolute atomic E-state index is 12.9. The van der Waals surface area contributed by atoms with Crippen molar-refractivity contribution >= 4 is 11.9 Å². The highest BCUT2D eigenvalue weighted by Crippen LogP contribution is 2.76. The average Bonchev–Trinajstić information content (AvgIpc) is 3.19. The minimum atomic E-state index is -1.12. The normalized spacial score (nSPS) is 47.7. The summed E-state index contributed by atoms with van der Waals surface area (Å²) in [6, 6.07) is 0. The van der Waals surface area contributed by atoms with Gasteiger partial charge in [0, 0.05) is 11.0 Å². The molecule has 0 saturated heterocycles. The summed E-state index contributed by atoms with van der Waals surface area (Å²) in [7, 11) is 0. The molecule has 0 amide bonds. The van der Waals surface area contributed by atoms with E-state index in [1.165, 1.54) is 37.7 Å². The molecule has 0 aromatic carbocycles. The van der Waals surface area contributed by atoms with Gasteiger partial charge in [-0.1, -0.05) is 46.8 Å². The van der Waals surface area contributed by atoms with Crippen molar-refractivity contribution in [3.63, 3.8) is 0 Å². The van der Waals surface area contributed by atoms with Crippen molar-refractivity contribution in [3.05, 3.63) is 12.2 Å². The van der Waals surface area contributed by atoms with E-state index in [9.17, 15) is 14.7 Å². The van der Waals surface area contributed by atoms with Gasteiger partial charge in [0.25, 0.3) is 0 Å². The Morgan fingerprint density at radius 1 is 0.900 bits per heavy atom. The van der Waals surface area contributed by atoms with Crippen LogP contribution in [0.15, 0.2) is 12.2 Å². The number of aliphatic carboxylic acids is 1. The van der Waals surface area contributed by atoms with Crippen molar-refractivity contribution in [2.75, 3.05) is 0 Å². The van der Waals surface area contributed by atoms with Crippen LogP contribution in [0.25, 0.3) is 0 Å². The van der Waals surface area contributed by atoms with E-state index >= 15 is 0 Å². The summed E-state index contributed by atoms with van der Waals surface area (Å²) in [4.78, 5) is 24.5. The Bertz CT molecular complexity index is 1080. The first-order chi connectivity index (χ1) is 18.3. The molecular formula is C35H57NO4. The van der Waals surface area contributed by atoms with Crippen LogP contribution >= 0.6 is 0 Å². The van der Waals surface area contributed by atoms with E-state index in [0.29, 0.717) is 29.6 Å². The van der Waals surface area contributed by atoms with Crippen LogP contribution in [0.3, 0.4) is 0 Å². The molecule has 5 saturated carbocycles. The summed E-state index contributed by atoms with van der Waals surface area (Å²) in [5.41, 5.74) is 8.05. The predicted molar refractivity (Wildman–Crippen MR) is 159 cm³/mol. The SMILES string of the molecule is C=C(C)[C@@H]1CC[C@]2(N)CC[C@]3(C)[C@H](CC[C@@H]4[C@@]5(C)CC[C@H](OC(=O)CC(C)(C)C(=O)O)C(C)(C)[C@@H]5CC[C@]43C)[C@@H]12. The third-order valence-electron chi connectivity index (χ3n) is 14.5. The second-order valence-electron chi connectivity index (χ2n) is 17.1. The number of esters is 1. The van der Waals surface area contributed by atoms with Crippen molar-refractivity contribution in [1.82, 2.24) is 0 Å². The van der Waals surface area contributed by atoms with Gasteiger partial charge in [0.2, 0.25) is 0 Å². The lowest BCUT2D eigenvalue weighted by molar-refractivity contribution is -0.245. The van der Waals surface area contributed by atoms with Crippen LogP contribution in [0, 0.1) is 56.7 Å². The maximum Gasteiger partial charge on any atom is 0.309 e. The van der Waals surface area contributed by atoms with E-state index < -0.39 is 11.4 Å². The molecule has 0 heterocycles. The number of ether oxygens (including phenoxy) is 1. The van der Waals surface area contributed by atoms with E-state index in [2.05, 4.69) is 48.1 Å². The first-order valence-electron chi connectivity index (χ1n) is 16.2. The van der Waals surface area contributed by atoms with Gasteiger partial charge in [0.05, 0.1) is 11.8 Å². The number of carboxylic acid groups (broad SMARTS) is 1. The van der Waals surface area contributed by atoms with Gasteiger partial charge in [-0.2, -0.15) is 0 Å². The molecule has 5 rings (SSSR count). The van der Waals surface area contributed by atoms with Crippen molar-refractivity contribution < 1.29 is 19.4 Å². The zero-order chi connectivity index (χ0) is 29.7. The van der Waals surface area contributed by atoms with E-state index in [1.807, 2.05) is 0 Å². The molecule has 5 heteroatoms. The van der Waals surface area contributed by atoms with Crippen LogP contribution in [0.2, 0.25) is 0 Å². The fourth-order valence-corrected chi connectivity index (χ4v) is 12.0. The molecule has 0 aliphatic heterocycles. The predicted octanol–water partition coefficient (Wildman–Crippen LogP) is 7.77. The Hall–Kier alpha value is -1.36. The summed E-state index contributed by atoms with van der Waals surface area (Å²) >= 11 is 0. The first kappa shape index (κ1) is 30.1. The third-order valence-corrected chi connectivity index (χ3v) is 14.5. The Kier molecular flexibility index (Phi) is 7.01. The van der Waals surface area contributed by atoms with E-state index in [1.54, 1.807) is 13.8 Å². The molecule has 226 valence electrons. The number of allylic oxidation sites excluding steroid dienone is 1. The van der Waals surface area contributed by atoms with Crippen molar-refractivity contribution in [3.8, 4) is 0 Å². The Labute approximate surface area is 243 Å². The molecule has 5 aliphatic rings. The monoisotopic (exact) mass is 555 g/mol. The number of hydrogen-bond acceptors (Lipinski definition) is 4. The lowest BCUT2D eigenvalue weighted by atomic mass is 9.32. The molecule has 5 fully saturated rings. The first-order valence-corrected chi connectivity index (χ1v) is 16.2. The molecule has 3 N–H and O–H groups in total. The summed E-state index contributed by atoms with van der Waals surface area (Å²) in [5.74, 6) is 1.59. The molecule has 40 heavy (non-hydrogen) atoms. The van der Waals surface area contributed by atoms with Gasteiger partial charge in [0.15, 0.2) is 0 Å². The van der Waals surface area contributed by atoms with Gasteiger partial charge in [-0.05, 0) is 131 Å². The second-order valence-corrected chi connectivity index (χ2v) is 17.1. The Morgan fingerprint density at radius 2 is 1.57 bits per heavy atom. The van der Waals surface area contributed by atoms with Crippen LogP contribution < -0.4 is 5.73 Å². The number of hydrogen-bond donors (Lipinski definition) is 2. The Morgan fingerprint density at radius 3 is 2.20 bits per heavy atom. The molecule has 10 atom stereocenters. The van der Waals surface area contributed by atoms with Gasteiger partial charge >= 0.3 is 11.9 Å². The van der Waals surface area contributed by atoms with Crippen LogP contribution in [-0.2, 0) is 14.3 Å². The van der Waals surface area contributed by atoms with Crippen LogP contribution in [0.5, 0.6) is 0 Å². The number of carbonyl (C=O) groups excluding carboxylic acids is 1.